The van der Waals surface area contributed by atoms with Crippen molar-refractivity contribution in [2.45, 2.75) is 39.2 Å². The summed E-state index contributed by atoms with van der Waals surface area (Å²) in [6, 6.07) is 6.29. The van der Waals surface area contributed by atoms with E-state index < -0.39 is 0 Å². The van der Waals surface area contributed by atoms with Crippen molar-refractivity contribution < 1.29 is 0 Å². The van der Waals surface area contributed by atoms with E-state index in [0.717, 1.165) is 29.2 Å². The summed E-state index contributed by atoms with van der Waals surface area (Å²) in [6.45, 7) is 7.43. The molecule has 1 N–H and O–H groups in total. The third kappa shape index (κ3) is 3.40. The average molecular weight is 309 g/mol. The summed E-state index contributed by atoms with van der Waals surface area (Å²) in [6.07, 6.45) is 2.96. The molecule has 0 spiro atoms. The van der Waals surface area contributed by atoms with Crippen LogP contribution in [-0.4, -0.2) is 11.5 Å². The number of nitrogens with zero attached hydrogens (tertiary/aromatic N) is 1. The molecule has 0 fully saturated rings. The molecule has 0 aliphatic heterocycles. The van der Waals surface area contributed by atoms with Crippen molar-refractivity contribution in [3.8, 4) is 0 Å². The minimum absolute atomic E-state index is 0.219. The van der Waals surface area contributed by atoms with Gasteiger partial charge in [-0.05, 0) is 43.0 Å². The summed E-state index contributed by atoms with van der Waals surface area (Å²) < 4.78 is 0. The fourth-order valence-corrected chi connectivity index (χ4v) is 3.76. The van der Waals surface area contributed by atoms with Crippen LogP contribution in [0.1, 0.15) is 48.4 Å². The van der Waals surface area contributed by atoms with E-state index in [0.29, 0.717) is 5.92 Å². The van der Waals surface area contributed by atoms with E-state index in [9.17, 15) is 0 Å². The van der Waals surface area contributed by atoms with Crippen LogP contribution in [0.5, 0.6) is 0 Å². The van der Waals surface area contributed by atoms with Gasteiger partial charge in [-0.1, -0.05) is 31.5 Å². The third-order valence-corrected chi connectivity index (χ3v) is 5.27. The number of rotatable bonds is 6. The monoisotopic (exact) mass is 308 g/mol. The quantitative estimate of drug-likeness (QED) is 0.816. The molecule has 2 nitrogen and oxygen atoms in total. The van der Waals surface area contributed by atoms with E-state index in [2.05, 4.69) is 42.5 Å². The van der Waals surface area contributed by atoms with Gasteiger partial charge in [0.05, 0.1) is 11.1 Å². The summed E-state index contributed by atoms with van der Waals surface area (Å²) in [7, 11) is 0. The zero-order chi connectivity index (χ0) is 14.5. The molecule has 0 saturated carbocycles. The Morgan fingerprint density at radius 2 is 2.20 bits per heavy atom. The summed E-state index contributed by atoms with van der Waals surface area (Å²) in [5, 5.41) is 6.65. The number of aryl methyl sites for hydroxylation is 1. The molecule has 0 aliphatic rings. The van der Waals surface area contributed by atoms with Crippen LogP contribution < -0.4 is 5.32 Å². The fourth-order valence-electron chi connectivity index (χ4n) is 2.27. The molecule has 0 bridgehead atoms. The van der Waals surface area contributed by atoms with E-state index in [-0.39, 0.29) is 6.04 Å². The van der Waals surface area contributed by atoms with Crippen LogP contribution in [0.2, 0.25) is 5.02 Å². The van der Waals surface area contributed by atoms with Gasteiger partial charge in [-0.15, -0.1) is 11.3 Å². The fraction of sp³-hybridized carbons (Fsp3) is 0.438. The van der Waals surface area contributed by atoms with E-state index in [1.165, 1.54) is 4.88 Å². The van der Waals surface area contributed by atoms with Crippen molar-refractivity contribution in [1.82, 2.24) is 10.3 Å². The molecule has 2 aromatic rings. The van der Waals surface area contributed by atoms with Gasteiger partial charge in [0, 0.05) is 22.7 Å². The standard InChI is InChI=1S/C16H21ClN2S/c1-4-8-19-15(16-14(17)11(2)10-20-16)12(3)13-7-5-6-9-18-13/h5-7,9-10,12,15,19H,4,8H2,1-3H3. The van der Waals surface area contributed by atoms with Crippen molar-refractivity contribution in [3.63, 3.8) is 0 Å². The van der Waals surface area contributed by atoms with Crippen molar-refractivity contribution >= 4 is 22.9 Å². The topological polar surface area (TPSA) is 24.9 Å². The Morgan fingerprint density at radius 1 is 1.40 bits per heavy atom. The molecule has 0 aliphatic carbocycles. The van der Waals surface area contributed by atoms with Gasteiger partial charge >= 0.3 is 0 Å². The Morgan fingerprint density at radius 3 is 2.75 bits per heavy atom. The maximum absolute atomic E-state index is 6.46. The molecule has 20 heavy (non-hydrogen) atoms. The van der Waals surface area contributed by atoms with Gasteiger partial charge in [-0.25, -0.2) is 0 Å². The van der Waals surface area contributed by atoms with Crippen LogP contribution in [-0.2, 0) is 0 Å². The van der Waals surface area contributed by atoms with Crippen LogP contribution in [0.3, 0.4) is 0 Å². The van der Waals surface area contributed by atoms with Gasteiger partial charge < -0.3 is 5.32 Å². The molecule has 2 unspecified atom stereocenters. The highest BCUT2D eigenvalue weighted by Gasteiger charge is 2.25. The summed E-state index contributed by atoms with van der Waals surface area (Å²) >= 11 is 8.20. The maximum atomic E-state index is 6.46. The lowest BCUT2D eigenvalue weighted by atomic mass is 9.95. The summed E-state index contributed by atoms with van der Waals surface area (Å²) in [5.41, 5.74) is 2.26. The van der Waals surface area contributed by atoms with Gasteiger partial charge in [0.1, 0.15) is 0 Å². The first-order valence-corrected chi connectivity index (χ1v) is 8.28. The molecule has 2 aromatic heterocycles. The molecule has 0 aromatic carbocycles. The molecular formula is C16H21ClN2S. The highest BCUT2D eigenvalue weighted by Crippen LogP contribution is 2.38. The number of halogens is 1. The third-order valence-electron chi connectivity index (χ3n) is 3.48. The van der Waals surface area contributed by atoms with E-state index in [1.807, 2.05) is 18.3 Å². The molecule has 2 heterocycles. The number of aromatic nitrogens is 1. The van der Waals surface area contributed by atoms with Gasteiger partial charge in [-0.2, -0.15) is 0 Å². The number of hydrogen-bond acceptors (Lipinski definition) is 3. The zero-order valence-electron chi connectivity index (χ0n) is 12.2. The first-order chi connectivity index (χ1) is 9.65. The molecule has 2 atom stereocenters. The number of thiophene rings is 1. The predicted molar refractivity (Wildman–Crippen MR) is 87.8 cm³/mol. The van der Waals surface area contributed by atoms with Gasteiger partial charge in [0.25, 0.3) is 0 Å². The van der Waals surface area contributed by atoms with Crippen molar-refractivity contribution in [3.05, 3.63) is 50.9 Å². The second-order valence-corrected chi connectivity index (χ2v) is 6.36. The Labute approximate surface area is 130 Å². The van der Waals surface area contributed by atoms with E-state index >= 15 is 0 Å². The van der Waals surface area contributed by atoms with Crippen molar-refractivity contribution in [2.75, 3.05) is 6.54 Å². The number of pyridine rings is 1. The molecule has 108 valence electrons. The van der Waals surface area contributed by atoms with Crippen molar-refractivity contribution in [1.29, 1.82) is 0 Å². The minimum Gasteiger partial charge on any atom is -0.309 e. The smallest absolute Gasteiger partial charge is 0.0590 e. The van der Waals surface area contributed by atoms with Crippen molar-refractivity contribution in [2.24, 2.45) is 0 Å². The largest absolute Gasteiger partial charge is 0.309 e. The highest BCUT2D eigenvalue weighted by atomic mass is 35.5. The lowest BCUT2D eigenvalue weighted by Crippen LogP contribution is -2.26. The lowest BCUT2D eigenvalue weighted by molar-refractivity contribution is 0.466. The highest BCUT2D eigenvalue weighted by molar-refractivity contribution is 7.10. The molecule has 0 saturated heterocycles. The van der Waals surface area contributed by atoms with Crippen LogP contribution in [0.15, 0.2) is 29.8 Å². The van der Waals surface area contributed by atoms with Crippen LogP contribution in [0.4, 0.5) is 0 Å². The summed E-state index contributed by atoms with van der Waals surface area (Å²) in [5.74, 6) is 0.290. The number of hydrogen-bond donors (Lipinski definition) is 1. The Hall–Kier alpha value is -0.900. The van der Waals surface area contributed by atoms with E-state index in [4.69, 9.17) is 11.6 Å². The van der Waals surface area contributed by atoms with Crippen LogP contribution in [0, 0.1) is 6.92 Å². The average Bonchev–Trinajstić information content (AvgIpc) is 2.81. The Bertz CT molecular complexity index is 539. The molecule has 0 radical (unpaired) electrons. The van der Waals surface area contributed by atoms with Gasteiger partial charge in [0.2, 0.25) is 0 Å². The van der Waals surface area contributed by atoms with Crippen LogP contribution >= 0.6 is 22.9 Å². The first kappa shape index (κ1) is 15.5. The normalized spacial score (nSPS) is 14.2. The molecular weight excluding hydrogens is 288 g/mol. The van der Waals surface area contributed by atoms with Gasteiger partial charge in [-0.3, -0.25) is 4.98 Å². The summed E-state index contributed by atoms with van der Waals surface area (Å²) in [4.78, 5) is 5.71. The van der Waals surface area contributed by atoms with E-state index in [1.54, 1.807) is 11.3 Å². The Balaban J connectivity index is 2.30. The Kier molecular flexibility index (Phi) is 5.58. The lowest BCUT2D eigenvalue weighted by Gasteiger charge is -2.24. The molecule has 4 heteroatoms. The van der Waals surface area contributed by atoms with Crippen LogP contribution in [0.25, 0.3) is 0 Å². The number of nitrogens with one attached hydrogen (secondary N) is 1. The SMILES string of the molecule is CCCNC(c1scc(C)c1Cl)C(C)c1ccccn1. The minimum atomic E-state index is 0.219. The second kappa shape index (κ2) is 7.21. The first-order valence-electron chi connectivity index (χ1n) is 7.03. The maximum Gasteiger partial charge on any atom is 0.0590 e. The van der Waals surface area contributed by atoms with Gasteiger partial charge in [0.15, 0.2) is 0 Å². The predicted octanol–water partition coefficient (Wildman–Crippen LogP) is 4.95. The molecule has 0 amide bonds. The second-order valence-electron chi connectivity index (χ2n) is 5.07. The molecule has 2 rings (SSSR count). The zero-order valence-corrected chi connectivity index (χ0v) is 13.8.